The number of rotatable bonds is 5. The summed E-state index contributed by atoms with van der Waals surface area (Å²) in [5, 5.41) is 8.63. The fraction of sp³-hybridized carbons (Fsp3) is 0.600. The van der Waals surface area contributed by atoms with Gasteiger partial charge in [0.2, 0.25) is 10.0 Å². The maximum atomic E-state index is 11.5. The number of aliphatic hydroxyl groups excluding tert-OH is 1. The summed E-state index contributed by atoms with van der Waals surface area (Å²) < 4.78 is 25.5. The highest BCUT2D eigenvalue weighted by Crippen LogP contribution is 2.26. The van der Waals surface area contributed by atoms with Crippen LogP contribution >= 0.6 is 11.3 Å². The minimum Gasteiger partial charge on any atom is -0.395 e. The van der Waals surface area contributed by atoms with Crippen molar-refractivity contribution < 1.29 is 13.5 Å². The summed E-state index contributed by atoms with van der Waals surface area (Å²) in [4.78, 5) is 2.29. The Balaban J connectivity index is 2.80. The third-order valence-corrected chi connectivity index (χ3v) is 4.68. The molecular weight excluding hydrogens is 246 g/mol. The van der Waals surface area contributed by atoms with Gasteiger partial charge in [-0.05, 0) is 32.4 Å². The molecule has 6 heteroatoms. The molecule has 0 aliphatic carbocycles. The monoisotopic (exact) mass is 263 g/mol. The van der Waals surface area contributed by atoms with Gasteiger partial charge in [0.05, 0.1) is 12.4 Å². The maximum Gasteiger partial charge on any atom is 0.214 e. The number of nitrogens with one attached hydrogen (secondary N) is 1. The molecule has 1 heterocycles. The van der Waals surface area contributed by atoms with Crippen molar-refractivity contribution in [2.24, 2.45) is 0 Å². The highest BCUT2D eigenvalue weighted by atomic mass is 32.2. The van der Waals surface area contributed by atoms with E-state index in [4.69, 9.17) is 5.11 Å². The first-order chi connectivity index (χ1) is 7.35. The van der Waals surface area contributed by atoms with Gasteiger partial charge in [0.15, 0.2) is 0 Å². The third-order valence-electron chi connectivity index (χ3n) is 2.26. The van der Waals surface area contributed by atoms with E-state index in [0.29, 0.717) is 0 Å². The molecule has 0 saturated heterocycles. The lowest BCUT2D eigenvalue weighted by Crippen LogP contribution is -2.30. The molecule has 2 N–H and O–H groups in total. The Hall–Kier alpha value is -0.430. The van der Waals surface area contributed by atoms with Gasteiger partial charge in [0.25, 0.3) is 0 Å². The number of hydrogen-bond acceptors (Lipinski definition) is 4. The van der Waals surface area contributed by atoms with E-state index in [1.165, 1.54) is 4.88 Å². The molecule has 0 spiro atoms. The normalized spacial score (nSPS) is 14.0. The molecule has 4 nitrogen and oxygen atoms in total. The van der Waals surface area contributed by atoms with E-state index in [2.05, 4.69) is 4.72 Å². The standard InChI is InChI=1S/C10H17NO3S2/c1-7-6-10(9(3)15-7)8(2)11-16(13,14)5-4-12/h6,8,11-12H,4-5H2,1-3H3. The Morgan fingerprint density at radius 2 is 2.12 bits per heavy atom. The minimum atomic E-state index is -3.38. The van der Waals surface area contributed by atoms with Crippen molar-refractivity contribution in [3.8, 4) is 0 Å². The topological polar surface area (TPSA) is 66.4 Å². The molecular formula is C10H17NO3S2. The smallest absolute Gasteiger partial charge is 0.214 e. The van der Waals surface area contributed by atoms with E-state index in [0.717, 1.165) is 10.4 Å². The molecule has 1 aromatic heterocycles. The largest absolute Gasteiger partial charge is 0.395 e. The molecule has 1 rings (SSSR count). The zero-order valence-electron chi connectivity index (χ0n) is 9.65. The third kappa shape index (κ3) is 3.55. The Labute approximate surface area is 100 Å². The van der Waals surface area contributed by atoms with Gasteiger partial charge >= 0.3 is 0 Å². The average molecular weight is 263 g/mol. The van der Waals surface area contributed by atoms with Crippen molar-refractivity contribution >= 4 is 21.4 Å². The Bertz CT molecular complexity index is 451. The van der Waals surface area contributed by atoms with Gasteiger partial charge in [-0.2, -0.15) is 0 Å². The predicted octanol–water partition coefficient (Wildman–Crippen LogP) is 1.34. The van der Waals surface area contributed by atoms with E-state index in [-0.39, 0.29) is 18.4 Å². The van der Waals surface area contributed by atoms with Crippen LogP contribution in [-0.4, -0.2) is 25.9 Å². The van der Waals surface area contributed by atoms with Crippen molar-refractivity contribution in [2.45, 2.75) is 26.8 Å². The first-order valence-corrected chi connectivity index (χ1v) is 7.50. The van der Waals surface area contributed by atoms with Gasteiger partial charge in [-0.15, -0.1) is 11.3 Å². The van der Waals surface area contributed by atoms with Crippen LogP contribution in [0.1, 0.15) is 28.3 Å². The van der Waals surface area contributed by atoms with E-state index in [9.17, 15) is 8.42 Å². The molecule has 0 amide bonds. The highest BCUT2D eigenvalue weighted by molar-refractivity contribution is 7.89. The fourth-order valence-electron chi connectivity index (χ4n) is 1.59. The SMILES string of the molecule is Cc1cc(C(C)NS(=O)(=O)CCO)c(C)s1. The first kappa shape index (κ1) is 13.6. The summed E-state index contributed by atoms with van der Waals surface area (Å²) in [6.07, 6.45) is 0. The van der Waals surface area contributed by atoms with Crippen molar-refractivity contribution in [2.75, 3.05) is 12.4 Å². The molecule has 0 radical (unpaired) electrons. The molecule has 1 unspecified atom stereocenters. The van der Waals surface area contributed by atoms with Crippen LogP contribution in [0.15, 0.2) is 6.07 Å². The lowest BCUT2D eigenvalue weighted by molar-refractivity contribution is 0.319. The highest BCUT2D eigenvalue weighted by Gasteiger charge is 2.17. The average Bonchev–Trinajstić information content (AvgIpc) is 2.44. The summed E-state index contributed by atoms with van der Waals surface area (Å²) in [6.45, 7) is 5.42. The van der Waals surface area contributed by atoms with Crippen LogP contribution in [0.2, 0.25) is 0 Å². The molecule has 92 valence electrons. The van der Waals surface area contributed by atoms with Gasteiger partial charge < -0.3 is 5.11 Å². The van der Waals surface area contributed by atoms with E-state index in [1.54, 1.807) is 11.3 Å². The molecule has 0 saturated carbocycles. The number of aliphatic hydroxyl groups is 1. The number of sulfonamides is 1. The van der Waals surface area contributed by atoms with E-state index in [1.807, 2.05) is 26.8 Å². The van der Waals surface area contributed by atoms with E-state index < -0.39 is 10.0 Å². The fourth-order valence-corrected chi connectivity index (χ4v) is 3.64. The van der Waals surface area contributed by atoms with Gasteiger partial charge in [0.1, 0.15) is 0 Å². The molecule has 16 heavy (non-hydrogen) atoms. The quantitative estimate of drug-likeness (QED) is 0.842. The number of aryl methyl sites for hydroxylation is 2. The van der Waals surface area contributed by atoms with Crippen LogP contribution in [0, 0.1) is 13.8 Å². The molecule has 0 bridgehead atoms. The summed E-state index contributed by atoms with van der Waals surface area (Å²) >= 11 is 1.65. The van der Waals surface area contributed by atoms with Crippen LogP contribution in [0.4, 0.5) is 0 Å². The maximum absolute atomic E-state index is 11.5. The van der Waals surface area contributed by atoms with Crippen LogP contribution in [-0.2, 0) is 10.0 Å². The van der Waals surface area contributed by atoms with Crippen LogP contribution in [0.25, 0.3) is 0 Å². The zero-order valence-corrected chi connectivity index (χ0v) is 11.3. The summed E-state index contributed by atoms with van der Waals surface area (Å²) in [6, 6.07) is 1.74. The second-order valence-electron chi connectivity index (χ2n) is 3.75. The molecule has 1 atom stereocenters. The lowest BCUT2D eigenvalue weighted by Gasteiger charge is -2.13. The first-order valence-electron chi connectivity index (χ1n) is 5.03. The predicted molar refractivity (Wildman–Crippen MR) is 66.2 cm³/mol. The van der Waals surface area contributed by atoms with Crippen LogP contribution < -0.4 is 4.72 Å². The summed E-state index contributed by atoms with van der Waals surface area (Å²) in [7, 11) is -3.38. The second-order valence-corrected chi connectivity index (χ2v) is 7.08. The summed E-state index contributed by atoms with van der Waals surface area (Å²) in [5.74, 6) is -0.250. The van der Waals surface area contributed by atoms with Crippen LogP contribution in [0.3, 0.4) is 0 Å². The van der Waals surface area contributed by atoms with Crippen molar-refractivity contribution in [1.82, 2.24) is 4.72 Å². The Kier molecular flexibility index (Phi) is 4.49. The second kappa shape index (κ2) is 5.27. The number of hydrogen-bond donors (Lipinski definition) is 2. The molecule has 0 aliphatic heterocycles. The molecule has 1 aromatic rings. The van der Waals surface area contributed by atoms with Gasteiger partial charge in [-0.1, -0.05) is 0 Å². The Morgan fingerprint density at radius 3 is 2.56 bits per heavy atom. The zero-order chi connectivity index (χ0) is 12.3. The molecule has 0 fully saturated rings. The van der Waals surface area contributed by atoms with Gasteiger partial charge in [-0.25, -0.2) is 13.1 Å². The lowest BCUT2D eigenvalue weighted by atomic mass is 10.1. The van der Waals surface area contributed by atoms with Gasteiger partial charge in [0, 0.05) is 15.8 Å². The van der Waals surface area contributed by atoms with Crippen molar-refractivity contribution in [3.63, 3.8) is 0 Å². The van der Waals surface area contributed by atoms with Crippen LogP contribution in [0.5, 0.6) is 0 Å². The number of thiophene rings is 1. The van der Waals surface area contributed by atoms with Gasteiger partial charge in [-0.3, -0.25) is 0 Å². The summed E-state index contributed by atoms with van der Waals surface area (Å²) in [5.41, 5.74) is 1.00. The molecule has 0 aliphatic rings. The molecule has 0 aromatic carbocycles. The van der Waals surface area contributed by atoms with E-state index >= 15 is 0 Å². The Morgan fingerprint density at radius 1 is 1.50 bits per heavy atom. The minimum absolute atomic E-state index is 0.249. The van der Waals surface area contributed by atoms with Crippen molar-refractivity contribution in [1.29, 1.82) is 0 Å². The van der Waals surface area contributed by atoms with Crippen molar-refractivity contribution in [3.05, 3.63) is 21.4 Å².